The Morgan fingerprint density at radius 2 is 1.76 bits per heavy atom. The SMILES string of the molecule is Cc1cc(C(=O)N(C)[C@@H]2CCCC[C@H]2N(C)C2CCN(C)CC2)co1. The van der Waals surface area contributed by atoms with Gasteiger partial charge in [0.1, 0.15) is 12.0 Å². The van der Waals surface area contributed by atoms with Crippen molar-refractivity contribution < 1.29 is 9.21 Å². The van der Waals surface area contributed by atoms with E-state index in [9.17, 15) is 4.79 Å². The molecule has 0 spiro atoms. The van der Waals surface area contributed by atoms with Crippen molar-refractivity contribution in [1.29, 1.82) is 0 Å². The molecule has 3 rings (SSSR count). The number of rotatable bonds is 4. The number of carbonyl (C=O) groups is 1. The predicted octanol–water partition coefficient (Wildman–Crippen LogP) is 3.00. The second kappa shape index (κ2) is 7.92. The lowest BCUT2D eigenvalue weighted by Gasteiger charge is -2.46. The van der Waals surface area contributed by atoms with Crippen molar-refractivity contribution in [1.82, 2.24) is 14.7 Å². The minimum Gasteiger partial charge on any atom is -0.469 e. The quantitative estimate of drug-likeness (QED) is 0.839. The molecule has 5 heteroatoms. The predicted molar refractivity (Wildman–Crippen MR) is 99.9 cm³/mol. The molecule has 0 unspecified atom stereocenters. The molecule has 1 aliphatic heterocycles. The third-order valence-corrected chi connectivity index (χ3v) is 6.28. The number of aryl methyl sites for hydroxylation is 1. The highest BCUT2D eigenvalue weighted by Crippen LogP contribution is 2.30. The number of hydrogen-bond acceptors (Lipinski definition) is 4. The van der Waals surface area contributed by atoms with Crippen LogP contribution in [0.1, 0.15) is 54.6 Å². The van der Waals surface area contributed by atoms with E-state index < -0.39 is 0 Å². The van der Waals surface area contributed by atoms with Crippen LogP contribution in [0.2, 0.25) is 0 Å². The van der Waals surface area contributed by atoms with Crippen LogP contribution in [0.4, 0.5) is 0 Å². The van der Waals surface area contributed by atoms with Crippen molar-refractivity contribution in [2.75, 3.05) is 34.2 Å². The Bertz CT molecular complexity index is 577. The van der Waals surface area contributed by atoms with Crippen LogP contribution in [-0.2, 0) is 0 Å². The van der Waals surface area contributed by atoms with Crippen molar-refractivity contribution in [2.45, 2.75) is 63.6 Å². The van der Waals surface area contributed by atoms with Gasteiger partial charge in [-0.1, -0.05) is 12.8 Å². The summed E-state index contributed by atoms with van der Waals surface area (Å²) in [4.78, 5) is 19.9. The Balaban J connectivity index is 1.70. The van der Waals surface area contributed by atoms with Crippen LogP contribution in [0.3, 0.4) is 0 Å². The largest absolute Gasteiger partial charge is 0.469 e. The maximum Gasteiger partial charge on any atom is 0.257 e. The number of furan rings is 1. The van der Waals surface area contributed by atoms with Crippen LogP contribution >= 0.6 is 0 Å². The molecular formula is C20H33N3O2. The molecule has 2 heterocycles. The lowest BCUT2D eigenvalue weighted by atomic mass is 9.86. The fourth-order valence-corrected chi connectivity index (χ4v) is 4.60. The number of nitrogens with zero attached hydrogens (tertiary/aromatic N) is 3. The number of hydrogen-bond donors (Lipinski definition) is 0. The minimum atomic E-state index is 0.0885. The summed E-state index contributed by atoms with van der Waals surface area (Å²) in [5, 5.41) is 0. The van der Waals surface area contributed by atoms with Crippen LogP contribution in [0.25, 0.3) is 0 Å². The standard InChI is InChI=1S/C20H33N3O2/c1-15-13-16(14-25-15)20(24)23(4)19-8-6-5-7-18(19)22(3)17-9-11-21(2)12-10-17/h13-14,17-19H,5-12H2,1-4H3/t18-,19-/m1/s1. The van der Waals surface area contributed by atoms with Gasteiger partial charge in [-0.25, -0.2) is 0 Å². The Kier molecular flexibility index (Phi) is 5.85. The highest BCUT2D eigenvalue weighted by Gasteiger charge is 2.36. The highest BCUT2D eigenvalue weighted by atomic mass is 16.3. The summed E-state index contributed by atoms with van der Waals surface area (Å²) in [7, 11) is 6.45. The zero-order valence-corrected chi connectivity index (χ0v) is 16.2. The second-order valence-corrected chi connectivity index (χ2v) is 7.98. The summed E-state index contributed by atoms with van der Waals surface area (Å²) >= 11 is 0. The fourth-order valence-electron chi connectivity index (χ4n) is 4.60. The fraction of sp³-hybridized carbons (Fsp3) is 0.750. The first-order valence-corrected chi connectivity index (χ1v) is 9.70. The highest BCUT2D eigenvalue weighted by molar-refractivity contribution is 5.94. The third-order valence-electron chi connectivity index (χ3n) is 6.28. The number of carbonyl (C=O) groups excluding carboxylic acids is 1. The molecule has 25 heavy (non-hydrogen) atoms. The van der Waals surface area contributed by atoms with Gasteiger partial charge in [0, 0.05) is 25.2 Å². The Hall–Kier alpha value is -1.33. The van der Waals surface area contributed by atoms with Gasteiger partial charge >= 0.3 is 0 Å². The zero-order valence-electron chi connectivity index (χ0n) is 16.2. The molecular weight excluding hydrogens is 314 g/mol. The molecule has 1 saturated heterocycles. The van der Waals surface area contributed by atoms with Gasteiger partial charge in [-0.15, -0.1) is 0 Å². The minimum absolute atomic E-state index is 0.0885. The molecule has 0 bridgehead atoms. The lowest BCUT2D eigenvalue weighted by molar-refractivity contribution is 0.0278. The maximum absolute atomic E-state index is 12.9. The summed E-state index contributed by atoms with van der Waals surface area (Å²) in [5.74, 6) is 0.880. The number of amides is 1. The average molecular weight is 348 g/mol. The first-order chi connectivity index (χ1) is 12.0. The van der Waals surface area contributed by atoms with Crippen LogP contribution < -0.4 is 0 Å². The molecule has 1 aromatic rings. The van der Waals surface area contributed by atoms with Crippen LogP contribution in [0, 0.1) is 6.92 Å². The van der Waals surface area contributed by atoms with Gasteiger partial charge in [0.05, 0.1) is 5.56 Å². The first kappa shape index (κ1) is 18.5. The molecule has 1 aromatic heterocycles. The van der Waals surface area contributed by atoms with Gasteiger partial charge in [0.15, 0.2) is 0 Å². The van der Waals surface area contributed by atoms with E-state index in [1.807, 2.05) is 24.9 Å². The molecule has 140 valence electrons. The van der Waals surface area contributed by atoms with Crippen molar-refractivity contribution >= 4 is 5.91 Å². The van der Waals surface area contributed by atoms with Crippen molar-refractivity contribution in [3.63, 3.8) is 0 Å². The van der Waals surface area contributed by atoms with Crippen molar-refractivity contribution in [3.05, 3.63) is 23.7 Å². The van der Waals surface area contributed by atoms with E-state index in [1.165, 1.54) is 45.2 Å². The van der Waals surface area contributed by atoms with E-state index in [2.05, 4.69) is 23.9 Å². The van der Waals surface area contributed by atoms with E-state index in [0.29, 0.717) is 23.7 Å². The monoisotopic (exact) mass is 347 g/mol. The summed E-state index contributed by atoms with van der Waals surface area (Å²) in [6.45, 7) is 4.24. The molecule has 1 saturated carbocycles. The van der Waals surface area contributed by atoms with E-state index in [-0.39, 0.29) is 5.91 Å². The number of piperidine rings is 1. The van der Waals surface area contributed by atoms with Crippen LogP contribution in [-0.4, -0.2) is 73.0 Å². The van der Waals surface area contributed by atoms with E-state index in [4.69, 9.17) is 4.42 Å². The third kappa shape index (κ3) is 4.09. The second-order valence-electron chi connectivity index (χ2n) is 7.98. The normalized spacial score (nSPS) is 26.1. The molecule has 2 atom stereocenters. The molecule has 1 amide bonds. The molecule has 0 radical (unpaired) electrons. The van der Waals surface area contributed by atoms with E-state index >= 15 is 0 Å². The first-order valence-electron chi connectivity index (χ1n) is 9.70. The molecule has 1 aliphatic carbocycles. The number of likely N-dealkylation sites (tertiary alicyclic amines) is 1. The van der Waals surface area contributed by atoms with Gasteiger partial charge in [0.25, 0.3) is 5.91 Å². The molecule has 2 fully saturated rings. The summed E-state index contributed by atoms with van der Waals surface area (Å²) < 4.78 is 5.34. The maximum atomic E-state index is 12.9. The topological polar surface area (TPSA) is 39.9 Å². The van der Waals surface area contributed by atoms with Gasteiger partial charge in [-0.2, -0.15) is 0 Å². The summed E-state index contributed by atoms with van der Waals surface area (Å²) in [6.07, 6.45) is 8.82. The van der Waals surface area contributed by atoms with Crippen LogP contribution in [0.15, 0.2) is 16.7 Å². The van der Waals surface area contributed by atoms with E-state index in [0.717, 1.165) is 12.2 Å². The Morgan fingerprint density at radius 1 is 1.12 bits per heavy atom. The number of likely N-dealkylation sites (N-methyl/N-ethyl adjacent to an activating group) is 2. The van der Waals surface area contributed by atoms with Crippen molar-refractivity contribution in [2.24, 2.45) is 0 Å². The Morgan fingerprint density at radius 3 is 2.36 bits per heavy atom. The lowest BCUT2D eigenvalue weighted by Crippen LogP contribution is -2.56. The van der Waals surface area contributed by atoms with Crippen molar-refractivity contribution in [3.8, 4) is 0 Å². The average Bonchev–Trinajstić information content (AvgIpc) is 3.07. The van der Waals surface area contributed by atoms with Gasteiger partial charge in [0.2, 0.25) is 0 Å². The molecule has 0 aromatic carbocycles. The smallest absolute Gasteiger partial charge is 0.257 e. The van der Waals surface area contributed by atoms with Gasteiger partial charge < -0.3 is 14.2 Å². The Labute approximate surface area is 151 Å². The summed E-state index contributed by atoms with van der Waals surface area (Å²) in [6, 6.07) is 3.24. The summed E-state index contributed by atoms with van der Waals surface area (Å²) in [5.41, 5.74) is 0.672. The van der Waals surface area contributed by atoms with Gasteiger partial charge in [-0.3, -0.25) is 9.69 Å². The molecule has 0 N–H and O–H groups in total. The zero-order chi connectivity index (χ0) is 18.0. The van der Waals surface area contributed by atoms with E-state index in [1.54, 1.807) is 6.26 Å². The molecule has 2 aliphatic rings. The van der Waals surface area contributed by atoms with Crippen LogP contribution in [0.5, 0.6) is 0 Å². The molecule has 5 nitrogen and oxygen atoms in total. The van der Waals surface area contributed by atoms with Gasteiger partial charge in [-0.05, 0) is 65.9 Å².